The summed E-state index contributed by atoms with van der Waals surface area (Å²) in [6.07, 6.45) is 6.83. The molecule has 2 bridgehead atoms. The molecule has 0 spiro atoms. The minimum Gasteiger partial charge on any atom is -0.508 e. The SMILES string of the molecule is Oc1ccc2ccc(-c3c(Cl)cc4c(N5CC6CCC(C5)N6)nc(OCC56CCCN5CCC6)nc4c3F)cc2c1. The number of hydrogen-bond donors (Lipinski definition) is 2. The van der Waals surface area contributed by atoms with Crippen molar-refractivity contribution in [2.75, 3.05) is 37.7 Å². The molecule has 0 aliphatic carbocycles. The number of hydrogen-bond acceptors (Lipinski definition) is 7. The zero-order chi connectivity index (χ0) is 27.7. The van der Waals surface area contributed by atoms with Crippen molar-refractivity contribution in [3.05, 3.63) is 53.3 Å². The Kier molecular flexibility index (Phi) is 6.02. The van der Waals surface area contributed by atoms with Crippen LogP contribution in [0.3, 0.4) is 0 Å². The number of ether oxygens (including phenoxy) is 1. The normalized spacial score (nSPS) is 23.5. The summed E-state index contributed by atoms with van der Waals surface area (Å²) in [5.74, 6) is 0.359. The molecule has 3 aromatic carbocycles. The van der Waals surface area contributed by atoms with Crippen LogP contribution in [0.4, 0.5) is 10.2 Å². The van der Waals surface area contributed by atoms with Crippen molar-refractivity contribution in [1.82, 2.24) is 20.2 Å². The van der Waals surface area contributed by atoms with E-state index in [1.54, 1.807) is 18.2 Å². The second-order valence-corrected chi connectivity index (χ2v) is 12.7. The van der Waals surface area contributed by atoms with Crippen molar-refractivity contribution in [1.29, 1.82) is 0 Å². The lowest BCUT2D eigenvalue weighted by atomic mass is 9.95. The summed E-state index contributed by atoms with van der Waals surface area (Å²) in [6.45, 7) is 4.33. The van der Waals surface area contributed by atoms with E-state index in [-0.39, 0.29) is 28.4 Å². The number of phenols is 1. The number of halogens is 2. The molecule has 2 atom stereocenters. The summed E-state index contributed by atoms with van der Waals surface area (Å²) in [5, 5.41) is 16.3. The summed E-state index contributed by atoms with van der Waals surface area (Å²) >= 11 is 6.84. The molecule has 5 heterocycles. The summed E-state index contributed by atoms with van der Waals surface area (Å²) in [5.41, 5.74) is 1.17. The molecule has 4 aliphatic heterocycles. The van der Waals surface area contributed by atoms with Gasteiger partial charge in [0.2, 0.25) is 0 Å². The second-order valence-electron chi connectivity index (χ2n) is 12.3. The number of aromatic hydroxyl groups is 1. The van der Waals surface area contributed by atoms with E-state index in [1.807, 2.05) is 24.3 Å². The molecular weight excluding hydrogens is 541 g/mol. The molecule has 0 saturated carbocycles. The van der Waals surface area contributed by atoms with Gasteiger partial charge in [-0.1, -0.05) is 29.8 Å². The summed E-state index contributed by atoms with van der Waals surface area (Å²) in [4.78, 5) is 14.4. The first-order chi connectivity index (χ1) is 20.0. The third-order valence-electron chi connectivity index (χ3n) is 9.75. The number of fused-ring (bicyclic) bond motifs is 5. The number of anilines is 1. The van der Waals surface area contributed by atoms with E-state index in [9.17, 15) is 5.11 Å². The first-order valence-electron chi connectivity index (χ1n) is 14.8. The molecule has 9 heteroatoms. The van der Waals surface area contributed by atoms with E-state index >= 15 is 4.39 Å². The molecule has 41 heavy (non-hydrogen) atoms. The van der Waals surface area contributed by atoms with Gasteiger partial charge in [-0.25, -0.2) is 4.39 Å². The number of phenolic OH excluding ortho intramolecular Hbond substituents is 1. The van der Waals surface area contributed by atoms with Gasteiger partial charge in [0.15, 0.2) is 5.82 Å². The average Bonchev–Trinajstić information content (AvgIpc) is 3.65. The van der Waals surface area contributed by atoms with Crippen LogP contribution < -0.4 is 15.0 Å². The van der Waals surface area contributed by atoms with Crippen molar-refractivity contribution < 1.29 is 14.2 Å². The highest BCUT2D eigenvalue weighted by Crippen LogP contribution is 2.42. The topological polar surface area (TPSA) is 73.8 Å². The molecule has 1 aromatic heterocycles. The summed E-state index contributed by atoms with van der Waals surface area (Å²) < 4.78 is 23.0. The Labute approximate surface area is 243 Å². The number of nitrogens with zero attached hydrogens (tertiary/aromatic N) is 4. The first-order valence-corrected chi connectivity index (χ1v) is 15.2. The van der Waals surface area contributed by atoms with Gasteiger partial charge in [0.05, 0.1) is 10.6 Å². The van der Waals surface area contributed by atoms with Crippen LogP contribution in [0, 0.1) is 5.82 Å². The number of nitrogens with one attached hydrogen (secondary N) is 1. The maximum absolute atomic E-state index is 16.6. The van der Waals surface area contributed by atoms with Crippen LogP contribution in [-0.4, -0.2) is 70.4 Å². The van der Waals surface area contributed by atoms with Crippen LogP contribution in [0.15, 0.2) is 42.5 Å². The van der Waals surface area contributed by atoms with Crippen LogP contribution in [0.2, 0.25) is 5.02 Å². The van der Waals surface area contributed by atoms with E-state index in [0.29, 0.717) is 40.5 Å². The Morgan fingerprint density at radius 3 is 2.54 bits per heavy atom. The van der Waals surface area contributed by atoms with Crippen molar-refractivity contribution in [3.8, 4) is 22.9 Å². The molecule has 0 amide bonds. The Bertz CT molecular complexity index is 1660. The van der Waals surface area contributed by atoms with E-state index in [2.05, 4.69) is 15.1 Å². The van der Waals surface area contributed by atoms with Crippen molar-refractivity contribution in [2.24, 2.45) is 0 Å². The molecule has 4 saturated heterocycles. The fourth-order valence-electron chi connectivity index (χ4n) is 7.75. The maximum Gasteiger partial charge on any atom is 0.319 e. The molecule has 2 N–H and O–H groups in total. The molecule has 212 valence electrons. The van der Waals surface area contributed by atoms with Gasteiger partial charge < -0.3 is 20.1 Å². The molecule has 4 aliphatic rings. The quantitative estimate of drug-likeness (QED) is 0.308. The van der Waals surface area contributed by atoms with E-state index in [4.69, 9.17) is 26.3 Å². The van der Waals surface area contributed by atoms with Gasteiger partial charge in [-0.2, -0.15) is 9.97 Å². The van der Waals surface area contributed by atoms with Crippen molar-refractivity contribution in [3.63, 3.8) is 0 Å². The molecule has 4 fully saturated rings. The Balaban J connectivity index is 1.25. The van der Waals surface area contributed by atoms with Crippen LogP contribution in [0.25, 0.3) is 32.8 Å². The number of rotatable bonds is 5. The van der Waals surface area contributed by atoms with Gasteiger partial charge in [0.1, 0.15) is 23.7 Å². The van der Waals surface area contributed by atoms with Gasteiger partial charge in [0, 0.05) is 36.1 Å². The maximum atomic E-state index is 16.6. The fourth-order valence-corrected chi connectivity index (χ4v) is 8.05. The number of benzene rings is 3. The monoisotopic (exact) mass is 573 g/mol. The summed E-state index contributed by atoms with van der Waals surface area (Å²) in [7, 11) is 0. The predicted octanol–water partition coefficient (Wildman–Crippen LogP) is 5.90. The largest absolute Gasteiger partial charge is 0.508 e. The lowest BCUT2D eigenvalue weighted by Gasteiger charge is -2.35. The van der Waals surface area contributed by atoms with Crippen LogP contribution in [0.1, 0.15) is 38.5 Å². The smallest absolute Gasteiger partial charge is 0.319 e. The molecule has 0 radical (unpaired) electrons. The molecule has 7 nitrogen and oxygen atoms in total. The summed E-state index contributed by atoms with van der Waals surface area (Å²) in [6, 6.07) is 13.6. The van der Waals surface area contributed by atoms with Crippen LogP contribution >= 0.6 is 11.6 Å². The predicted molar refractivity (Wildman–Crippen MR) is 160 cm³/mol. The van der Waals surface area contributed by atoms with Crippen molar-refractivity contribution >= 4 is 39.1 Å². The van der Waals surface area contributed by atoms with Gasteiger partial charge in [0.25, 0.3) is 0 Å². The third-order valence-corrected chi connectivity index (χ3v) is 10.1. The second kappa shape index (κ2) is 9.68. The molecular formula is C32H33ClFN5O2. The molecule has 8 rings (SSSR count). The van der Waals surface area contributed by atoms with Crippen molar-refractivity contribution in [2.45, 2.75) is 56.1 Å². The minimum atomic E-state index is -0.486. The number of aromatic nitrogens is 2. The third kappa shape index (κ3) is 4.30. The first kappa shape index (κ1) is 25.5. The lowest BCUT2D eigenvalue weighted by molar-refractivity contribution is 0.108. The average molecular weight is 574 g/mol. The van der Waals surface area contributed by atoms with E-state index in [0.717, 1.165) is 62.6 Å². The Morgan fingerprint density at radius 1 is 1.00 bits per heavy atom. The highest BCUT2D eigenvalue weighted by atomic mass is 35.5. The Morgan fingerprint density at radius 2 is 1.76 bits per heavy atom. The highest BCUT2D eigenvalue weighted by Gasteiger charge is 2.45. The zero-order valence-corrected chi connectivity index (χ0v) is 23.6. The Hall–Kier alpha value is -3.20. The van der Waals surface area contributed by atoms with E-state index in [1.165, 1.54) is 12.8 Å². The lowest BCUT2D eigenvalue weighted by Crippen LogP contribution is -2.51. The van der Waals surface area contributed by atoms with Gasteiger partial charge in [-0.3, -0.25) is 4.90 Å². The van der Waals surface area contributed by atoms with Crippen LogP contribution in [-0.2, 0) is 0 Å². The molecule has 2 unspecified atom stereocenters. The van der Waals surface area contributed by atoms with Gasteiger partial charge in [-0.15, -0.1) is 0 Å². The highest BCUT2D eigenvalue weighted by molar-refractivity contribution is 6.34. The molecule has 4 aromatic rings. The van der Waals surface area contributed by atoms with E-state index < -0.39 is 5.82 Å². The minimum absolute atomic E-state index is 0.0347. The number of piperazine rings is 1. The van der Waals surface area contributed by atoms with Crippen LogP contribution in [0.5, 0.6) is 11.8 Å². The zero-order valence-electron chi connectivity index (χ0n) is 22.9. The fraction of sp³-hybridized carbons (Fsp3) is 0.438. The van der Waals surface area contributed by atoms with Gasteiger partial charge >= 0.3 is 6.01 Å². The van der Waals surface area contributed by atoms with Gasteiger partial charge in [-0.05, 0) is 92.2 Å². The standard InChI is InChI=1S/C32H33ClFN5O2/c33-26-15-25-29(28(34)27(26)20-4-3-19-5-8-24(40)14-21(19)13-20)36-31(41-18-32-9-1-11-39(32)12-2-10-32)37-30(25)38-16-22-6-7-23(17-38)35-22/h3-5,8,13-15,22-23,35,40H,1-2,6-7,9-12,16-18H2.